The molecule has 0 aliphatic carbocycles. The highest BCUT2D eigenvalue weighted by atomic mass is 15.4. The minimum atomic E-state index is 0.235. The highest BCUT2D eigenvalue weighted by Gasteiger charge is 2.13. The van der Waals surface area contributed by atoms with Crippen molar-refractivity contribution in [2.45, 2.75) is 12.8 Å². The molecule has 0 radical (unpaired) electrons. The second-order valence-electron chi connectivity index (χ2n) is 4.03. The van der Waals surface area contributed by atoms with E-state index in [2.05, 4.69) is 40.2 Å². The predicted octanol–water partition coefficient (Wildman–Crippen LogP) is 2.48. The molecule has 2 aromatic rings. The first-order valence-corrected chi connectivity index (χ1v) is 5.79. The molecule has 0 amide bonds. The fraction of sp³-hybridized carbons (Fsp3) is 0.231. The highest BCUT2D eigenvalue weighted by Crippen LogP contribution is 2.25. The first-order valence-electron chi connectivity index (χ1n) is 5.79. The standard InChI is InChI=1S/C13H14N4/c1-2-17-8-5-10(9-16-17)11-3-6-14-13-12(11)4-7-15-13/h3-10H,2H2,1H3,(H,14,15). The summed E-state index contributed by atoms with van der Waals surface area (Å²) in [5.74, 6) is 0.235. The molecule has 2 aromatic heterocycles. The van der Waals surface area contributed by atoms with Crippen LogP contribution in [0.1, 0.15) is 18.4 Å². The van der Waals surface area contributed by atoms with Crippen LogP contribution in [-0.2, 0) is 0 Å². The lowest BCUT2D eigenvalue weighted by Gasteiger charge is -2.19. The Morgan fingerprint density at radius 3 is 3.12 bits per heavy atom. The van der Waals surface area contributed by atoms with Crippen molar-refractivity contribution in [3.63, 3.8) is 0 Å². The molecule has 86 valence electrons. The summed E-state index contributed by atoms with van der Waals surface area (Å²) in [6.07, 6.45) is 9.93. The van der Waals surface area contributed by atoms with Crippen LogP contribution in [0.2, 0.25) is 0 Å². The summed E-state index contributed by atoms with van der Waals surface area (Å²) >= 11 is 0. The topological polar surface area (TPSA) is 44.3 Å². The molecule has 1 N–H and O–H groups in total. The molecule has 0 bridgehead atoms. The third-order valence-electron chi connectivity index (χ3n) is 3.02. The zero-order valence-corrected chi connectivity index (χ0v) is 9.67. The van der Waals surface area contributed by atoms with Crippen LogP contribution in [0.5, 0.6) is 0 Å². The van der Waals surface area contributed by atoms with Gasteiger partial charge in [0.2, 0.25) is 0 Å². The van der Waals surface area contributed by atoms with Gasteiger partial charge >= 0.3 is 0 Å². The monoisotopic (exact) mass is 226 g/mol. The quantitative estimate of drug-likeness (QED) is 0.855. The van der Waals surface area contributed by atoms with E-state index >= 15 is 0 Å². The van der Waals surface area contributed by atoms with Crippen LogP contribution in [0.4, 0.5) is 0 Å². The van der Waals surface area contributed by atoms with Gasteiger partial charge in [-0.25, -0.2) is 4.98 Å². The van der Waals surface area contributed by atoms with Crippen molar-refractivity contribution >= 4 is 17.2 Å². The Balaban J connectivity index is 2.00. The van der Waals surface area contributed by atoms with E-state index in [0.717, 1.165) is 12.2 Å². The van der Waals surface area contributed by atoms with Crippen molar-refractivity contribution in [2.75, 3.05) is 6.54 Å². The second-order valence-corrected chi connectivity index (χ2v) is 4.03. The lowest BCUT2D eigenvalue weighted by molar-refractivity contribution is 0.416. The van der Waals surface area contributed by atoms with Crippen LogP contribution in [0, 0.1) is 0 Å². The summed E-state index contributed by atoms with van der Waals surface area (Å²) in [4.78, 5) is 7.42. The third-order valence-corrected chi connectivity index (χ3v) is 3.02. The summed E-state index contributed by atoms with van der Waals surface area (Å²) in [5.41, 5.74) is 2.18. The Bertz CT molecular complexity index is 568. The third kappa shape index (κ3) is 1.71. The molecule has 0 aromatic carbocycles. The van der Waals surface area contributed by atoms with E-state index in [1.807, 2.05) is 29.8 Å². The van der Waals surface area contributed by atoms with Crippen molar-refractivity contribution in [3.8, 4) is 0 Å². The number of hydrogen-bond donors (Lipinski definition) is 1. The number of allylic oxidation sites excluding steroid dienone is 1. The van der Waals surface area contributed by atoms with E-state index in [-0.39, 0.29) is 5.92 Å². The Labute approximate surface area is 99.7 Å². The van der Waals surface area contributed by atoms with Crippen LogP contribution >= 0.6 is 0 Å². The van der Waals surface area contributed by atoms with Gasteiger partial charge in [0.15, 0.2) is 0 Å². The molecule has 1 aliphatic heterocycles. The number of hydrazone groups is 1. The number of H-pyrrole nitrogens is 1. The van der Waals surface area contributed by atoms with Crippen LogP contribution < -0.4 is 0 Å². The zero-order valence-electron chi connectivity index (χ0n) is 9.67. The number of nitrogens with one attached hydrogen (secondary N) is 1. The average molecular weight is 226 g/mol. The Kier molecular flexibility index (Phi) is 2.40. The Morgan fingerprint density at radius 1 is 1.41 bits per heavy atom. The van der Waals surface area contributed by atoms with E-state index in [1.165, 1.54) is 10.9 Å². The summed E-state index contributed by atoms with van der Waals surface area (Å²) in [6, 6.07) is 4.12. The summed E-state index contributed by atoms with van der Waals surface area (Å²) < 4.78 is 0. The second kappa shape index (κ2) is 4.05. The van der Waals surface area contributed by atoms with Crippen LogP contribution in [0.25, 0.3) is 11.0 Å². The van der Waals surface area contributed by atoms with Crippen LogP contribution in [0.3, 0.4) is 0 Å². The fourth-order valence-electron chi connectivity index (χ4n) is 2.08. The van der Waals surface area contributed by atoms with Crippen LogP contribution in [0.15, 0.2) is 41.9 Å². The van der Waals surface area contributed by atoms with Gasteiger partial charge in [0.05, 0.1) is 0 Å². The minimum absolute atomic E-state index is 0.235. The van der Waals surface area contributed by atoms with Gasteiger partial charge in [-0.1, -0.05) is 6.08 Å². The van der Waals surface area contributed by atoms with E-state index in [4.69, 9.17) is 0 Å². The molecule has 17 heavy (non-hydrogen) atoms. The van der Waals surface area contributed by atoms with Gasteiger partial charge in [0.1, 0.15) is 5.65 Å². The maximum absolute atomic E-state index is 4.39. The average Bonchev–Trinajstić information content (AvgIpc) is 2.87. The number of fused-ring (bicyclic) bond motifs is 1. The molecule has 0 spiro atoms. The lowest BCUT2D eigenvalue weighted by atomic mass is 9.98. The normalized spacial score (nSPS) is 19.1. The molecule has 4 heteroatoms. The van der Waals surface area contributed by atoms with Gasteiger partial charge in [-0.05, 0) is 24.6 Å². The molecule has 3 rings (SSSR count). The summed E-state index contributed by atoms with van der Waals surface area (Å²) in [6.45, 7) is 2.98. The maximum Gasteiger partial charge on any atom is 0.137 e. The molecule has 1 aliphatic rings. The van der Waals surface area contributed by atoms with Crippen molar-refractivity contribution < 1.29 is 0 Å². The van der Waals surface area contributed by atoms with Crippen molar-refractivity contribution in [1.82, 2.24) is 15.0 Å². The molecular formula is C13H14N4. The number of aromatic nitrogens is 2. The molecule has 0 fully saturated rings. The number of hydrogen-bond acceptors (Lipinski definition) is 3. The SMILES string of the molecule is CCN1C=CC(c2ccnc3[nH]ccc23)C=N1. The largest absolute Gasteiger partial charge is 0.346 e. The van der Waals surface area contributed by atoms with Crippen molar-refractivity contribution in [3.05, 3.63) is 42.4 Å². The number of nitrogens with zero attached hydrogens (tertiary/aromatic N) is 3. The first kappa shape index (κ1) is 10.1. The van der Waals surface area contributed by atoms with Crippen LogP contribution in [-0.4, -0.2) is 27.7 Å². The molecule has 3 heterocycles. The molecule has 0 saturated heterocycles. The molecule has 1 unspecified atom stereocenters. The van der Waals surface area contributed by atoms with Crippen molar-refractivity contribution in [1.29, 1.82) is 0 Å². The van der Waals surface area contributed by atoms with E-state index in [9.17, 15) is 0 Å². The first-order chi connectivity index (χ1) is 8.38. The van der Waals surface area contributed by atoms with E-state index in [1.54, 1.807) is 0 Å². The fourth-order valence-corrected chi connectivity index (χ4v) is 2.08. The van der Waals surface area contributed by atoms with E-state index in [0.29, 0.717) is 0 Å². The molecule has 4 nitrogen and oxygen atoms in total. The Hall–Kier alpha value is -2.10. The van der Waals surface area contributed by atoms with Gasteiger partial charge < -0.3 is 4.98 Å². The zero-order chi connectivity index (χ0) is 11.7. The molecule has 0 saturated carbocycles. The highest BCUT2D eigenvalue weighted by molar-refractivity contribution is 5.85. The predicted molar refractivity (Wildman–Crippen MR) is 68.8 cm³/mol. The summed E-state index contributed by atoms with van der Waals surface area (Å²) in [7, 11) is 0. The van der Waals surface area contributed by atoms with Gasteiger partial charge in [0.25, 0.3) is 0 Å². The maximum atomic E-state index is 4.39. The summed E-state index contributed by atoms with van der Waals surface area (Å²) in [5, 5.41) is 7.48. The van der Waals surface area contributed by atoms with Gasteiger partial charge in [-0.2, -0.15) is 5.10 Å². The van der Waals surface area contributed by atoms with Crippen molar-refractivity contribution in [2.24, 2.45) is 5.10 Å². The number of pyridine rings is 1. The number of aromatic amines is 1. The minimum Gasteiger partial charge on any atom is -0.346 e. The van der Waals surface area contributed by atoms with Gasteiger partial charge in [-0.15, -0.1) is 0 Å². The smallest absolute Gasteiger partial charge is 0.137 e. The van der Waals surface area contributed by atoms with Gasteiger partial charge in [-0.3, -0.25) is 5.01 Å². The number of rotatable bonds is 2. The van der Waals surface area contributed by atoms with E-state index < -0.39 is 0 Å². The van der Waals surface area contributed by atoms with Gasteiger partial charge in [0, 0.05) is 42.7 Å². The molecule has 1 atom stereocenters. The lowest BCUT2D eigenvalue weighted by Crippen LogP contribution is -2.15. The molecular weight excluding hydrogens is 212 g/mol. The Morgan fingerprint density at radius 2 is 2.35 bits per heavy atom.